The lowest BCUT2D eigenvalue weighted by Gasteiger charge is -2.40. The van der Waals surface area contributed by atoms with E-state index in [0.717, 1.165) is 44.0 Å². The van der Waals surface area contributed by atoms with E-state index in [1.165, 1.54) is 5.56 Å². The molecule has 2 aliphatic heterocycles. The molecular formula is C15H21NO3. The van der Waals surface area contributed by atoms with Crippen molar-refractivity contribution in [1.82, 2.24) is 4.90 Å². The van der Waals surface area contributed by atoms with Crippen LogP contribution in [-0.2, 0) is 11.2 Å². The minimum absolute atomic E-state index is 0.0449. The summed E-state index contributed by atoms with van der Waals surface area (Å²) in [6, 6.07) is 6.10. The van der Waals surface area contributed by atoms with Gasteiger partial charge in [-0.3, -0.25) is 4.90 Å². The Balaban J connectivity index is 1.85. The maximum absolute atomic E-state index is 10.6. The summed E-state index contributed by atoms with van der Waals surface area (Å²) < 4.78 is 11.3. The molecule has 1 saturated heterocycles. The molecule has 3 rings (SSSR count). The fraction of sp³-hybridized carbons (Fsp3) is 0.600. The van der Waals surface area contributed by atoms with E-state index in [9.17, 15) is 5.11 Å². The number of aryl methyl sites for hydroxylation is 1. The maximum Gasteiger partial charge on any atom is 0.128 e. The zero-order valence-electron chi connectivity index (χ0n) is 11.3. The first-order valence-electron chi connectivity index (χ1n) is 7.05. The molecule has 2 unspecified atom stereocenters. The van der Waals surface area contributed by atoms with Crippen molar-refractivity contribution in [1.29, 1.82) is 0 Å². The molecule has 1 aromatic rings. The predicted molar refractivity (Wildman–Crippen MR) is 72.5 cm³/mol. The number of morpholine rings is 1. The SMILES string of the molecule is CCc1cccc2c1OCC(N1CCOCC1)C2O. The molecule has 1 aromatic carbocycles. The Morgan fingerprint density at radius 3 is 2.84 bits per heavy atom. The van der Waals surface area contributed by atoms with Crippen molar-refractivity contribution in [3.8, 4) is 5.75 Å². The highest BCUT2D eigenvalue weighted by molar-refractivity contribution is 5.44. The lowest BCUT2D eigenvalue weighted by Crippen LogP contribution is -2.50. The van der Waals surface area contributed by atoms with Crippen LogP contribution in [0.4, 0.5) is 0 Å². The molecule has 104 valence electrons. The van der Waals surface area contributed by atoms with Crippen LogP contribution in [0, 0.1) is 0 Å². The molecule has 0 aliphatic carbocycles. The third kappa shape index (κ3) is 2.36. The average Bonchev–Trinajstić information content (AvgIpc) is 2.48. The third-order valence-corrected chi connectivity index (χ3v) is 4.10. The Labute approximate surface area is 113 Å². The van der Waals surface area contributed by atoms with Crippen LogP contribution in [0.5, 0.6) is 5.75 Å². The molecule has 0 radical (unpaired) electrons. The molecular weight excluding hydrogens is 242 g/mol. The van der Waals surface area contributed by atoms with Gasteiger partial charge in [-0.05, 0) is 12.0 Å². The normalized spacial score (nSPS) is 27.7. The van der Waals surface area contributed by atoms with E-state index in [-0.39, 0.29) is 6.04 Å². The molecule has 4 nitrogen and oxygen atoms in total. The topological polar surface area (TPSA) is 41.9 Å². The summed E-state index contributed by atoms with van der Waals surface area (Å²) in [6.07, 6.45) is 0.464. The van der Waals surface area contributed by atoms with E-state index < -0.39 is 6.10 Å². The Hall–Kier alpha value is -1.10. The summed E-state index contributed by atoms with van der Waals surface area (Å²) in [6.45, 7) is 5.89. The van der Waals surface area contributed by atoms with Gasteiger partial charge in [0.2, 0.25) is 0 Å². The van der Waals surface area contributed by atoms with Crippen molar-refractivity contribution in [2.75, 3.05) is 32.9 Å². The fourth-order valence-electron chi connectivity index (χ4n) is 2.97. The number of rotatable bonds is 2. The average molecular weight is 263 g/mol. The van der Waals surface area contributed by atoms with Gasteiger partial charge >= 0.3 is 0 Å². The number of aliphatic hydroxyl groups is 1. The second kappa shape index (κ2) is 5.49. The molecule has 2 heterocycles. The van der Waals surface area contributed by atoms with E-state index in [0.29, 0.717) is 6.61 Å². The van der Waals surface area contributed by atoms with Crippen molar-refractivity contribution in [2.45, 2.75) is 25.5 Å². The lowest BCUT2D eigenvalue weighted by molar-refractivity contribution is -0.0456. The summed E-state index contributed by atoms with van der Waals surface area (Å²) >= 11 is 0. The van der Waals surface area contributed by atoms with Gasteiger partial charge in [0.25, 0.3) is 0 Å². The highest BCUT2D eigenvalue weighted by atomic mass is 16.5. The highest BCUT2D eigenvalue weighted by Crippen LogP contribution is 2.37. The van der Waals surface area contributed by atoms with Gasteiger partial charge in [0, 0.05) is 18.7 Å². The Morgan fingerprint density at radius 2 is 2.11 bits per heavy atom. The first-order valence-corrected chi connectivity index (χ1v) is 7.05. The molecule has 2 aliphatic rings. The van der Waals surface area contributed by atoms with Crippen LogP contribution in [0.2, 0.25) is 0 Å². The van der Waals surface area contributed by atoms with Gasteiger partial charge in [-0.1, -0.05) is 25.1 Å². The zero-order chi connectivity index (χ0) is 13.2. The van der Waals surface area contributed by atoms with Crippen LogP contribution in [-0.4, -0.2) is 49.0 Å². The van der Waals surface area contributed by atoms with Gasteiger partial charge < -0.3 is 14.6 Å². The first-order chi connectivity index (χ1) is 9.31. The van der Waals surface area contributed by atoms with Crippen molar-refractivity contribution in [3.63, 3.8) is 0 Å². The molecule has 0 spiro atoms. The molecule has 0 saturated carbocycles. The largest absolute Gasteiger partial charge is 0.491 e. The summed E-state index contributed by atoms with van der Waals surface area (Å²) in [5.74, 6) is 0.891. The van der Waals surface area contributed by atoms with Gasteiger partial charge in [0.05, 0.1) is 19.3 Å². The van der Waals surface area contributed by atoms with Crippen LogP contribution in [0.15, 0.2) is 18.2 Å². The Bertz CT molecular complexity index is 443. The summed E-state index contributed by atoms with van der Waals surface area (Å²) in [5, 5.41) is 10.6. The zero-order valence-corrected chi connectivity index (χ0v) is 11.3. The van der Waals surface area contributed by atoms with Crippen LogP contribution in [0.3, 0.4) is 0 Å². The number of para-hydroxylation sites is 1. The van der Waals surface area contributed by atoms with Crippen LogP contribution < -0.4 is 4.74 Å². The lowest BCUT2D eigenvalue weighted by atomic mass is 9.94. The standard InChI is InChI=1S/C15H21NO3/c1-2-11-4-3-5-12-14(17)13(10-19-15(11)12)16-6-8-18-9-7-16/h3-5,13-14,17H,2,6-10H2,1H3. The predicted octanol–water partition coefficient (Wildman–Crippen LogP) is 1.38. The Morgan fingerprint density at radius 1 is 1.32 bits per heavy atom. The van der Waals surface area contributed by atoms with E-state index in [2.05, 4.69) is 17.9 Å². The van der Waals surface area contributed by atoms with E-state index in [1.54, 1.807) is 0 Å². The van der Waals surface area contributed by atoms with Gasteiger partial charge in [-0.15, -0.1) is 0 Å². The minimum atomic E-state index is -0.464. The van der Waals surface area contributed by atoms with Gasteiger partial charge in [-0.2, -0.15) is 0 Å². The summed E-state index contributed by atoms with van der Waals surface area (Å²) in [4.78, 5) is 2.27. The molecule has 19 heavy (non-hydrogen) atoms. The number of fused-ring (bicyclic) bond motifs is 1. The second-order valence-electron chi connectivity index (χ2n) is 5.16. The summed E-state index contributed by atoms with van der Waals surface area (Å²) in [5.41, 5.74) is 2.11. The van der Waals surface area contributed by atoms with E-state index in [1.807, 2.05) is 12.1 Å². The maximum atomic E-state index is 10.6. The van der Waals surface area contributed by atoms with Crippen LogP contribution >= 0.6 is 0 Å². The van der Waals surface area contributed by atoms with Gasteiger partial charge in [0.1, 0.15) is 18.5 Å². The first kappa shape index (κ1) is 12.9. The third-order valence-electron chi connectivity index (χ3n) is 4.10. The van der Waals surface area contributed by atoms with Crippen molar-refractivity contribution < 1.29 is 14.6 Å². The molecule has 0 amide bonds. The monoisotopic (exact) mass is 263 g/mol. The van der Waals surface area contributed by atoms with Gasteiger partial charge in [-0.25, -0.2) is 0 Å². The van der Waals surface area contributed by atoms with Gasteiger partial charge in [0.15, 0.2) is 0 Å². The number of ether oxygens (including phenoxy) is 2. The summed E-state index contributed by atoms with van der Waals surface area (Å²) in [7, 11) is 0. The molecule has 0 bridgehead atoms. The second-order valence-corrected chi connectivity index (χ2v) is 5.16. The number of nitrogens with zero attached hydrogens (tertiary/aromatic N) is 1. The van der Waals surface area contributed by atoms with E-state index >= 15 is 0 Å². The Kier molecular flexibility index (Phi) is 3.73. The number of benzene rings is 1. The quantitative estimate of drug-likeness (QED) is 0.875. The molecule has 4 heteroatoms. The number of hydrogen-bond acceptors (Lipinski definition) is 4. The van der Waals surface area contributed by atoms with Crippen molar-refractivity contribution in [2.24, 2.45) is 0 Å². The molecule has 0 aromatic heterocycles. The highest BCUT2D eigenvalue weighted by Gasteiger charge is 2.35. The van der Waals surface area contributed by atoms with Crippen molar-refractivity contribution >= 4 is 0 Å². The van der Waals surface area contributed by atoms with Crippen LogP contribution in [0.25, 0.3) is 0 Å². The van der Waals surface area contributed by atoms with Crippen LogP contribution in [0.1, 0.15) is 24.2 Å². The molecule has 1 fully saturated rings. The van der Waals surface area contributed by atoms with Crippen molar-refractivity contribution in [3.05, 3.63) is 29.3 Å². The minimum Gasteiger partial charge on any atom is -0.491 e. The fourth-order valence-corrected chi connectivity index (χ4v) is 2.97. The molecule has 1 N–H and O–H groups in total. The number of hydrogen-bond donors (Lipinski definition) is 1. The van der Waals surface area contributed by atoms with E-state index in [4.69, 9.17) is 9.47 Å². The molecule has 2 atom stereocenters. The number of aliphatic hydroxyl groups excluding tert-OH is 1. The smallest absolute Gasteiger partial charge is 0.128 e.